The van der Waals surface area contributed by atoms with Gasteiger partial charge in [0.25, 0.3) is 0 Å². The maximum absolute atomic E-state index is 4.04. The zero-order valence-electron chi connectivity index (χ0n) is 9.89. The maximum Gasteiger partial charge on any atom is 0.146 e. The van der Waals surface area contributed by atoms with E-state index in [1.165, 1.54) is 5.56 Å². The highest BCUT2D eigenvalue weighted by atomic mass is 79.9. The first-order valence-corrected chi connectivity index (χ1v) is 6.28. The molecular formula is C12H15BrN4. The van der Waals surface area contributed by atoms with Crippen molar-refractivity contribution < 1.29 is 0 Å². The second-order valence-corrected chi connectivity index (χ2v) is 4.93. The van der Waals surface area contributed by atoms with Gasteiger partial charge in [-0.3, -0.25) is 0 Å². The van der Waals surface area contributed by atoms with Gasteiger partial charge in [0.05, 0.1) is 6.54 Å². The van der Waals surface area contributed by atoms with E-state index in [2.05, 4.69) is 50.5 Å². The van der Waals surface area contributed by atoms with Crippen LogP contribution in [0.2, 0.25) is 0 Å². The second kappa shape index (κ2) is 5.42. The number of benzene rings is 1. The van der Waals surface area contributed by atoms with Gasteiger partial charge in [0.2, 0.25) is 0 Å². The molecule has 1 aromatic heterocycles. The maximum atomic E-state index is 4.04. The quantitative estimate of drug-likeness (QED) is 0.942. The molecule has 0 spiro atoms. The first kappa shape index (κ1) is 12.3. The van der Waals surface area contributed by atoms with Gasteiger partial charge in [0.15, 0.2) is 0 Å². The number of aryl methyl sites for hydroxylation is 1. The SMILES string of the molecule is CC(NCc1nncn1C)c1cccc(Br)c1. The molecular weight excluding hydrogens is 280 g/mol. The second-order valence-electron chi connectivity index (χ2n) is 4.02. The summed E-state index contributed by atoms with van der Waals surface area (Å²) < 4.78 is 3.02. The summed E-state index contributed by atoms with van der Waals surface area (Å²) in [5.41, 5.74) is 1.25. The van der Waals surface area contributed by atoms with Crippen molar-refractivity contribution in [2.75, 3.05) is 0 Å². The number of nitrogens with one attached hydrogen (secondary N) is 1. The normalized spacial score (nSPS) is 12.6. The average Bonchev–Trinajstić information content (AvgIpc) is 2.72. The Kier molecular flexibility index (Phi) is 3.91. The molecule has 1 atom stereocenters. The number of halogens is 1. The Labute approximate surface area is 109 Å². The monoisotopic (exact) mass is 294 g/mol. The fourth-order valence-electron chi connectivity index (χ4n) is 1.61. The van der Waals surface area contributed by atoms with Gasteiger partial charge in [-0.1, -0.05) is 28.1 Å². The Balaban J connectivity index is 1.98. The molecule has 0 radical (unpaired) electrons. The lowest BCUT2D eigenvalue weighted by atomic mass is 10.1. The molecule has 90 valence electrons. The molecule has 0 aliphatic rings. The first-order valence-electron chi connectivity index (χ1n) is 5.48. The van der Waals surface area contributed by atoms with Gasteiger partial charge >= 0.3 is 0 Å². The van der Waals surface area contributed by atoms with E-state index in [4.69, 9.17) is 0 Å². The largest absolute Gasteiger partial charge is 0.320 e. The lowest BCUT2D eigenvalue weighted by molar-refractivity contribution is 0.548. The van der Waals surface area contributed by atoms with Crippen molar-refractivity contribution in [3.05, 3.63) is 46.5 Å². The molecule has 0 aliphatic carbocycles. The molecule has 17 heavy (non-hydrogen) atoms. The summed E-state index contributed by atoms with van der Waals surface area (Å²) in [4.78, 5) is 0. The molecule has 0 saturated heterocycles. The van der Waals surface area contributed by atoms with E-state index in [0.29, 0.717) is 6.54 Å². The van der Waals surface area contributed by atoms with Gasteiger partial charge < -0.3 is 9.88 Å². The van der Waals surface area contributed by atoms with Crippen LogP contribution in [0.4, 0.5) is 0 Å². The molecule has 5 heteroatoms. The van der Waals surface area contributed by atoms with Crippen molar-refractivity contribution in [3.63, 3.8) is 0 Å². The van der Waals surface area contributed by atoms with E-state index in [9.17, 15) is 0 Å². The molecule has 2 aromatic rings. The molecule has 1 unspecified atom stereocenters. The molecule has 0 aliphatic heterocycles. The number of aromatic nitrogens is 3. The number of hydrogen-bond donors (Lipinski definition) is 1. The highest BCUT2D eigenvalue weighted by Gasteiger charge is 2.07. The minimum Gasteiger partial charge on any atom is -0.320 e. The van der Waals surface area contributed by atoms with Crippen molar-refractivity contribution in [1.82, 2.24) is 20.1 Å². The molecule has 1 N–H and O–H groups in total. The number of rotatable bonds is 4. The zero-order chi connectivity index (χ0) is 12.3. The lowest BCUT2D eigenvalue weighted by Crippen LogP contribution is -2.20. The van der Waals surface area contributed by atoms with Gasteiger partial charge in [-0.2, -0.15) is 0 Å². The molecule has 0 fully saturated rings. The van der Waals surface area contributed by atoms with Crippen LogP contribution in [0.15, 0.2) is 35.1 Å². The van der Waals surface area contributed by atoms with E-state index in [1.807, 2.05) is 23.7 Å². The highest BCUT2D eigenvalue weighted by molar-refractivity contribution is 9.10. The van der Waals surface area contributed by atoms with E-state index in [0.717, 1.165) is 10.3 Å². The summed E-state index contributed by atoms with van der Waals surface area (Å²) in [5, 5.41) is 11.3. The van der Waals surface area contributed by atoms with Crippen molar-refractivity contribution in [1.29, 1.82) is 0 Å². The third kappa shape index (κ3) is 3.14. The van der Waals surface area contributed by atoms with E-state index in [1.54, 1.807) is 6.33 Å². The molecule has 0 saturated carbocycles. The Hall–Kier alpha value is -1.20. The van der Waals surface area contributed by atoms with Crippen LogP contribution in [0, 0.1) is 0 Å². The fourth-order valence-corrected chi connectivity index (χ4v) is 2.02. The molecule has 1 heterocycles. The number of hydrogen-bond acceptors (Lipinski definition) is 3. The van der Waals surface area contributed by atoms with Crippen molar-refractivity contribution in [3.8, 4) is 0 Å². The minimum absolute atomic E-state index is 0.282. The summed E-state index contributed by atoms with van der Waals surface area (Å²) in [5.74, 6) is 0.937. The third-order valence-electron chi connectivity index (χ3n) is 2.72. The molecule has 2 rings (SSSR count). The Morgan fingerprint density at radius 2 is 2.29 bits per heavy atom. The summed E-state index contributed by atoms with van der Waals surface area (Å²) in [6.45, 7) is 2.85. The number of nitrogens with zero attached hydrogens (tertiary/aromatic N) is 3. The summed E-state index contributed by atoms with van der Waals surface area (Å²) in [7, 11) is 1.95. The summed E-state index contributed by atoms with van der Waals surface area (Å²) in [6, 6.07) is 8.58. The predicted molar refractivity (Wildman–Crippen MR) is 70.4 cm³/mol. The smallest absolute Gasteiger partial charge is 0.146 e. The van der Waals surface area contributed by atoms with Crippen molar-refractivity contribution >= 4 is 15.9 Å². The van der Waals surface area contributed by atoms with Crippen LogP contribution in [0.3, 0.4) is 0 Å². The Bertz CT molecular complexity index is 495. The summed E-state index contributed by atoms with van der Waals surface area (Å²) >= 11 is 3.48. The van der Waals surface area contributed by atoms with E-state index < -0.39 is 0 Å². The van der Waals surface area contributed by atoms with Crippen molar-refractivity contribution in [2.45, 2.75) is 19.5 Å². The lowest BCUT2D eigenvalue weighted by Gasteiger charge is -2.14. The molecule has 0 amide bonds. The highest BCUT2D eigenvalue weighted by Crippen LogP contribution is 2.17. The summed E-state index contributed by atoms with van der Waals surface area (Å²) in [6.07, 6.45) is 1.71. The van der Waals surface area contributed by atoms with Gasteiger partial charge in [-0.05, 0) is 24.6 Å². The van der Waals surface area contributed by atoms with Gasteiger partial charge in [0.1, 0.15) is 12.2 Å². The molecule has 1 aromatic carbocycles. The zero-order valence-corrected chi connectivity index (χ0v) is 11.5. The van der Waals surface area contributed by atoms with Crippen LogP contribution in [-0.2, 0) is 13.6 Å². The average molecular weight is 295 g/mol. The van der Waals surface area contributed by atoms with E-state index >= 15 is 0 Å². The van der Waals surface area contributed by atoms with Crippen LogP contribution >= 0.6 is 15.9 Å². The van der Waals surface area contributed by atoms with Crippen molar-refractivity contribution in [2.24, 2.45) is 7.05 Å². The van der Waals surface area contributed by atoms with Crippen LogP contribution in [0.5, 0.6) is 0 Å². The third-order valence-corrected chi connectivity index (χ3v) is 3.21. The van der Waals surface area contributed by atoms with Gasteiger partial charge in [-0.25, -0.2) is 0 Å². The van der Waals surface area contributed by atoms with Crippen LogP contribution < -0.4 is 5.32 Å². The Morgan fingerprint density at radius 1 is 1.47 bits per heavy atom. The fraction of sp³-hybridized carbons (Fsp3) is 0.333. The molecule has 4 nitrogen and oxygen atoms in total. The first-order chi connectivity index (χ1) is 8.16. The topological polar surface area (TPSA) is 42.7 Å². The van der Waals surface area contributed by atoms with Crippen LogP contribution in [-0.4, -0.2) is 14.8 Å². The standard InChI is InChI=1S/C12H15BrN4/c1-9(10-4-3-5-11(13)6-10)14-7-12-16-15-8-17(12)2/h3-6,8-9,14H,7H2,1-2H3. The van der Waals surface area contributed by atoms with Gasteiger partial charge in [0, 0.05) is 17.6 Å². The minimum atomic E-state index is 0.282. The van der Waals surface area contributed by atoms with E-state index in [-0.39, 0.29) is 6.04 Å². The van der Waals surface area contributed by atoms with Gasteiger partial charge in [-0.15, -0.1) is 10.2 Å². The predicted octanol–water partition coefficient (Wildman–Crippen LogP) is 2.43. The van der Waals surface area contributed by atoms with Crippen LogP contribution in [0.1, 0.15) is 24.4 Å². The Morgan fingerprint density at radius 3 is 2.94 bits per heavy atom. The van der Waals surface area contributed by atoms with Crippen LogP contribution in [0.25, 0.3) is 0 Å². The molecule has 0 bridgehead atoms.